The van der Waals surface area contributed by atoms with Crippen molar-refractivity contribution < 1.29 is 4.70 Å². The second kappa shape index (κ2) is 3.82. The first-order valence-electron chi connectivity index (χ1n) is 3.56. The summed E-state index contributed by atoms with van der Waals surface area (Å²) >= 11 is 0. The van der Waals surface area contributed by atoms with Crippen LogP contribution < -0.4 is 11.7 Å². The van der Waals surface area contributed by atoms with Gasteiger partial charge in [-0.1, -0.05) is 13.3 Å². The molecule has 0 atom stereocenters. The molecule has 0 fully saturated rings. The second-order valence-electron chi connectivity index (χ2n) is 2.50. The lowest BCUT2D eigenvalue weighted by Gasteiger charge is -2.24. The molecule has 0 saturated carbocycles. The van der Waals surface area contributed by atoms with Crippen LogP contribution in [0.3, 0.4) is 0 Å². The lowest BCUT2D eigenvalue weighted by atomic mass is 10.3. The van der Waals surface area contributed by atoms with Gasteiger partial charge in [0.1, 0.15) is 13.1 Å². The smallest absolute Gasteiger partial charge is 0.114 e. The summed E-state index contributed by atoms with van der Waals surface area (Å²) in [5.74, 6) is 11.2. The van der Waals surface area contributed by atoms with Gasteiger partial charge in [0.15, 0.2) is 0 Å². The summed E-state index contributed by atoms with van der Waals surface area (Å²) in [7, 11) is 0. The van der Waals surface area contributed by atoms with Crippen LogP contribution in [0.15, 0.2) is 0 Å². The highest BCUT2D eigenvalue weighted by Crippen LogP contribution is 1.92. The third-order valence-electron chi connectivity index (χ3n) is 1.52. The van der Waals surface area contributed by atoms with Crippen molar-refractivity contribution in [3.05, 3.63) is 0 Å². The molecular formula is C6H18N3+. The Bertz CT molecular complexity index is 70.7. The molecule has 0 aliphatic carbocycles. The topological polar surface area (TPSA) is 52.0 Å². The van der Waals surface area contributed by atoms with Gasteiger partial charge in [-0.2, -0.15) is 16.4 Å². The maximum Gasteiger partial charge on any atom is 0.114 e. The van der Waals surface area contributed by atoms with E-state index in [0.29, 0.717) is 0 Å². The van der Waals surface area contributed by atoms with Crippen LogP contribution in [0.5, 0.6) is 0 Å². The second-order valence-corrected chi connectivity index (χ2v) is 2.50. The molecule has 0 spiro atoms. The van der Waals surface area contributed by atoms with Gasteiger partial charge in [0, 0.05) is 0 Å². The monoisotopic (exact) mass is 132 g/mol. The molecule has 0 bridgehead atoms. The minimum Gasteiger partial charge on any atom is -0.176 e. The molecule has 0 aromatic carbocycles. The van der Waals surface area contributed by atoms with E-state index in [0.717, 1.165) is 25.9 Å². The molecule has 0 aliphatic rings. The molecule has 3 heteroatoms. The van der Waals surface area contributed by atoms with Gasteiger partial charge in [-0.05, 0) is 13.3 Å². The van der Waals surface area contributed by atoms with Gasteiger partial charge in [0.2, 0.25) is 0 Å². The van der Waals surface area contributed by atoms with Crippen LogP contribution in [-0.2, 0) is 0 Å². The first-order valence-corrected chi connectivity index (χ1v) is 3.56. The van der Waals surface area contributed by atoms with Gasteiger partial charge < -0.3 is 0 Å². The van der Waals surface area contributed by atoms with Crippen LogP contribution in [0.2, 0.25) is 0 Å². The van der Waals surface area contributed by atoms with Gasteiger partial charge in [-0.25, -0.2) is 0 Å². The normalized spacial score (nSPS) is 12.0. The zero-order valence-corrected chi connectivity index (χ0v) is 6.43. The number of nitrogens with two attached hydrogens (primary N) is 2. The van der Waals surface area contributed by atoms with E-state index in [2.05, 4.69) is 6.92 Å². The van der Waals surface area contributed by atoms with Gasteiger partial charge in [0.05, 0.1) is 0 Å². The number of hydrogen-bond acceptors (Lipinski definition) is 2. The molecule has 0 aliphatic heterocycles. The van der Waals surface area contributed by atoms with Crippen molar-refractivity contribution >= 4 is 0 Å². The molecule has 0 heterocycles. The Hall–Kier alpha value is -0.120. The van der Waals surface area contributed by atoms with Crippen LogP contribution in [0, 0.1) is 0 Å². The molecule has 0 aromatic rings. The molecule has 0 rings (SSSR count). The maximum absolute atomic E-state index is 5.62. The average molecular weight is 132 g/mol. The molecule has 9 heavy (non-hydrogen) atoms. The van der Waals surface area contributed by atoms with Gasteiger partial charge >= 0.3 is 0 Å². The highest BCUT2D eigenvalue weighted by atomic mass is 15.7. The van der Waals surface area contributed by atoms with Crippen molar-refractivity contribution in [2.45, 2.75) is 26.7 Å². The van der Waals surface area contributed by atoms with E-state index in [1.54, 1.807) is 0 Å². The van der Waals surface area contributed by atoms with Gasteiger partial charge in [0.25, 0.3) is 0 Å². The van der Waals surface area contributed by atoms with Crippen molar-refractivity contribution in [1.82, 2.24) is 0 Å². The fraction of sp³-hybridized carbons (Fsp3) is 1.00. The Balaban J connectivity index is 3.33. The van der Waals surface area contributed by atoms with Crippen LogP contribution in [0.1, 0.15) is 26.7 Å². The Morgan fingerprint density at radius 2 is 1.78 bits per heavy atom. The minimum absolute atomic E-state index is 0.174. The van der Waals surface area contributed by atoms with Crippen molar-refractivity contribution in [2.24, 2.45) is 11.7 Å². The molecule has 0 amide bonds. The molecule has 0 radical (unpaired) electrons. The van der Waals surface area contributed by atoms with E-state index in [1.165, 1.54) is 0 Å². The molecule has 3 nitrogen and oxygen atoms in total. The molecule has 0 aromatic heterocycles. The van der Waals surface area contributed by atoms with Crippen molar-refractivity contribution in [3.8, 4) is 0 Å². The van der Waals surface area contributed by atoms with E-state index >= 15 is 0 Å². The van der Waals surface area contributed by atoms with E-state index in [9.17, 15) is 0 Å². The molecule has 0 saturated heterocycles. The van der Waals surface area contributed by atoms with Crippen LogP contribution in [0.4, 0.5) is 0 Å². The van der Waals surface area contributed by atoms with E-state index in [1.807, 2.05) is 6.92 Å². The molecular weight excluding hydrogens is 114 g/mol. The summed E-state index contributed by atoms with van der Waals surface area (Å²) in [6.45, 7) is 5.82. The number of unbranched alkanes of at least 4 members (excludes halogenated alkanes) is 1. The van der Waals surface area contributed by atoms with Crippen molar-refractivity contribution in [2.75, 3.05) is 13.1 Å². The molecule has 0 unspecified atom stereocenters. The summed E-state index contributed by atoms with van der Waals surface area (Å²) < 4.78 is 0.174. The number of quaternary nitrogens is 1. The fourth-order valence-corrected chi connectivity index (χ4v) is 0.611. The highest BCUT2D eigenvalue weighted by molar-refractivity contribution is 4.29. The average Bonchev–Trinajstić information content (AvgIpc) is 1.84. The first kappa shape index (κ1) is 8.88. The van der Waals surface area contributed by atoms with Crippen LogP contribution in [-0.4, -0.2) is 17.8 Å². The van der Waals surface area contributed by atoms with Crippen LogP contribution in [0.25, 0.3) is 0 Å². The Morgan fingerprint density at radius 1 is 1.22 bits per heavy atom. The van der Waals surface area contributed by atoms with Crippen molar-refractivity contribution in [1.29, 1.82) is 0 Å². The summed E-state index contributed by atoms with van der Waals surface area (Å²) in [5.41, 5.74) is 0. The zero-order valence-electron chi connectivity index (χ0n) is 6.43. The number of hydrogen-bond donors (Lipinski definition) is 2. The quantitative estimate of drug-likeness (QED) is 0.330. The number of nitrogens with zero attached hydrogens (tertiary/aromatic N) is 1. The third-order valence-corrected chi connectivity index (χ3v) is 1.52. The summed E-state index contributed by atoms with van der Waals surface area (Å²) in [6, 6.07) is 0. The van der Waals surface area contributed by atoms with E-state index in [4.69, 9.17) is 11.7 Å². The van der Waals surface area contributed by atoms with E-state index in [-0.39, 0.29) is 4.70 Å². The fourth-order valence-electron chi connectivity index (χ4n) is 0.611. The minimum atomic E-state index is 0.174. The van der Waals surface area contributed by atoms with Crippen LogP contribution >= 0.6 is 0 Å². The largest absolute Gasteiger partial charge is 0.176 e. The lowest BCUT2D eigenvalue weighted by molar-refractivity contribution is -0.950. The number of rotatable bonds is 4. The Kier molecular flexibility index (Phi) is 3.77. The predicted molar refractivity (Wildman–Crippen MR) is 39.0 cm³/mol. The van der Waals surface area contributed by atoms with Gasteiger partial charge in [-0.3, -0.25) is 0 Å². The highest BCUT2D eigenvalue weighted by Gasteiger charge is 2.11. The summed E-state index contributed by atoms with van der Waals surface area (Å²) in [6.07, 6.45) is 2.27. The molecule has 56 valence electrons. The Morgan fingerprint density at radius 3 is 2.11 bits per heavy atom. The SMILES string of the molecule is CCCC[N+](N)(N)CC. The maximum atomic E-state index is 5.62. The predicted octanol–water partition coefficient (Wildman–Crippen LogP) is 0.371. The summed E-state index contributed by atoms with van der Waals surface area (Å²) in [4.78, 5) is 0. The van der Waals surface area contributed by atoms with Gasteiger partial charge in [-0.15, -0.1) is 0 Å². The third kappa shape index (κ3) is 4.39. The first-order chi connectivity index (χ1) is 4.12. The Labute approximate surface area is 57.2 Å². The standard InChI is InChI=1S/C6H18N3/c1-3-5-6-9(7,8)4-2/h3-8H2,1-2H3/q+1. The zero-order chi connectivity index (χ0) is 7.33. The lowest BCUT2D eigenvalue weighted by Crippen LogP contribution is -2.60. The molecule has 4 N–H and O–H groups in total. The summed E-state index contributed by atoms with van der Waals surface area (Å²) in [5, 5.41) is 0. The van der Waals surface area contributed by atoms with E-state index < -0.39 is 0 Å². The van der Waals surface area contributed by atoms with Crippen molar-refractivity contribution in [3.63, 3.8) is 0 Å².